The van der Waals surface area contributed by atoms with E-state index in [1.165, 1.54) is 11.3 Å². The molecule has 0 aliphatic carbocycles. The topological polar surface area (TPSA) is 73.3 Å². The van der Waals surface area contributed by atoms with E-state index in [1.54, 1.807) is 0 Å². The molecule has 0 unspecified atom stereocenters. The summed E-state index contributed by atoms with van der Waals surface area (Å²) in [5.41, 5.74) is 2.19. The highest BCUT2D eigenvalue weighted by Crippen LogP contribution is 2.44. The molecule has 2 heterocycles. The number of anilines is 1. The van der Waals surface area contributed by atoms with Gasteiger partial charge >= 0.3 is 0 Å². The second kappa shape index (κ2) is 11.9. The van der Waals surface area contributed by atoms with Gasteiger partial charge in [-0.05, 0) is 53.6 Å². The molecule has 0 radical (unpaired) electrons. The molecule has 0 saturated carbocycles. The van der Waals surface area contributed by atoms with Crippen molar-refractivity contribution in [1.82, 2.24) is 10.2 Å². The average Bonchev–Trinajstić information content (AvgIpc) is 3.33. The third-order valence-corrected chi connectivity index (χ3v) is 8.31. The fourth-order valence-corrected chi connectivity index (χ4v) is 5.50. The van der Waals surface area contributed by atoms with Crippen LogP contribution in [-0.4, -0.2) is 29.3 Å². The normalized spacial score (nSPS) is 20.1. The van der Waals surface area contributed by atoms with Crippen molar-refractivity contribution in [2.45, 2.75) is 52.1 Å². The molecular formula is C27H31Cl2N3O3S. The largest absolute Gasteiger partial charge is 0.484 e. The molecule has 2 aromatic carbocycles. The van der Waals surface area contributed by atoms with Crippen molar-refractivity contribution in [3.8, 4) is 5.75 Å². The smallest absolute Gasteiger partial charge is 0.264 e. The van der Waals surface area contributed by atoms with Crippen LogP contribution in [0.5, 0.6) is 5.75 Å². The Kier molecular flexibility index (Phi) is 8.88. The second-order valence-corrected chi connectivity index (χ2v) is 11.6. The molecule has 1 N–H and O–H groups in total. The molecule has 0 bridgehead atoms. The van der Waals surface area contributed by atoms with Crippen LogP contribution in [0.2, 0.25) is 10.0 Å². The van der Waals surface area contributed by atoms with Crippen LogP contribution in [0.3, 0.4) is 0 Å². The summed E-state index contributed by atoms with van der Waals surface area (Å²) in [5, 5.41) is 13.4. The van der Waals surface area contributed by atoms with Crippen molar-refractivity contribution in [2.75, 3.05) is 18.5 Å². The lowest BCUT2D eigenvalue weighted by Gasteiger charge is -2.39. The number of nitrogens with one attached hydrogen (secondary N) is 1. The molecular weight excluding hydrogens is 517 g/mol. The summed E-state index contributed by atoms with van der Waals surface area (Å²) >= 11 is 13.7. The number of halogens is 2. The summed E-state index contributed by atoms with van der Waals surface area (Å²) in [7, 11) is 0. The van der Waals surface area contributed by atoms with Crippen LogP contribution in [-0.2, 0) is 9.53 Å². The minimum atomic E-state index is -0.273. The number of carbonyl (C=O) groups excluding carboxylic acids is 1. The number of amides is 1. The Labute approximate surface area is 226 Å². The quantitative estimate of drug-likeness (QED) is 0.316. The first-order chi connectivity index (χ1) is 17.2. The van der Waals surface area contributed by atoms with Gasteiger partial charge < -0.3 is 9.47 Å². The van der Waals surface area contributed by atoms with Gasteiger partial charge in [-0.2, -0.15) is 0 Å². The number of nitrogens with zero attached hydrogens (tertiary/aromatic N) is 2. The molecule has 36 heavy (non-hydrogen) atoms. The number of hydrogen-bond donors (Lipinski definition) is 1. The molecule has 1 aliphatic heterocycles. The fourth-order valence-electron chi connectivity index (χ4n) is 4.43. The van der Waals surface area contributed by atoms with Crippen LogP contribution in [0.25, 0.3) is 0 Å². The summed E-state index contributed by atoms with van der Waals surface area (Å²) < 4.78 is 12.2. The van der Waals surface area contributed by atoms with E-state index in [2.05, 4.69) is 35.4 Å². The number of hydrogen-bond acceptors (Lipinski definition) is 6. The first-order valence-corrected chi connectivity index (χ1v) is 13.7. The lowest BCUT2D eigenvalue weighted by Crippen LogP contribution is -2.31. The molecule has 3 atom stereocenters. The highest BCUT2D eigenvalue weighted by molar-refractivity contribution is 7.15. The lowest BCUT2D eigenvalue weighted by molar-refractivity contribution is -0.118. The van der Waals surface area contributed by atoms with Gasteiger partial charge in [-0.1, -0.05) is 80.4 Å². The Morgan fingerprint density at radius 3 is 2.61 bits per heavy atom. The van der Waals surface area contributed by atoms with E-state index in [-0.39, 0.29) is 30.5 Å². The lowest BCUT2D eigenvalue weighted by atomic mass is 9.76. The Morgan fingerprint density at radius 2 is 1.92 bits per heavy atom. The summed E-state index contributed by atoms with van der Waals surface area (Å²) in [5.74, 6) is 1.60. The Balaban J connectivity index is 1.40. The van der Waals surface area contributed by atoms with E-state index >= 15 is 0 Å². The molecule has 9 heteroatoms. The molecule has 1 saturated heterocycles. The van der Waals surface area contributed by atoms with Crippen molar-refractivity contribution in [3.63, 3.8) is 0 Å². The predicted octanol–water partition coefficient (Wildman–Crippen LogP) is 7.50. The van der Waals surface area contributed by atoms with Crippen molar-refractivity contribution in [2.24, 2.45) is 11.8 Å². The van der Waals surface area contributed by atoms with Gasteiger partial charge in [0.25, 0.3) is 5.91 Å². The zero-order valence-corrected chi connectivity index (χ0v) is 23.2. The molecule has 6 nitrogen and oxygen atoms in total. The van der Waals surface area contributed by atoms with E-state index in [0.717, 1.165) is 22.6 Å². The van der Waals surface area contributed by atoms with Gasteiger partial charge in [0.05, 0.1) is 22.8 Å². The standard InChI is InChI=1S/C27H31Cl2N3O3S/c1-15(2)21-11-19(17-8-9-22(28)23(29)12-17)13-35-25(21)18-6-5-7-20(10-18)34-14-24(33)30-27-32-31-26(36-27)16(3)4/h5-10,12,15-16,19,21,25H,11,13-14H2,1-4H3,(H,30,32,33)/t19-,21-,25-/m0/s1. The number of ether oxygens (including phenoxy) is 2. The summed E-state index contributed by atoms with van der Waals surface area (Å²) in [4.78, 5) is 12.4. The van der Waals surface area contributed by atoms with Gasteiger partial charge in [0.15, 0.2) is 6.61 Å². The van der Waals surface area contributed by atoms with E-state index in [1.807, 2.05) is 50.2 Å². The van der Waals surface area contributed by atoms with E-state index in [9.17, 15) is 4.79 Å². The van der Waals surface area contributed by atoms with Crippen molar-refractivity contribution < 1.29 is 14.3 Å². The average molecular weight is 549 g/mol. The van der Waals surface area contributed by atoms with Crippen LogP contribution in [0, 0.1) is 11.8 Å². The molecule has 192 valence electrons. The van der Waals surface area contributed by atoms with Gasteiger partial charge in [-0.3, -0.25) is 10.1 Å². The van der Waals surface area contributed by atoms with Gasteiger partial charge in [-0.15, -0.1) is 10.2 Å². The van der Waals surface area contributed by atoms with Gasteiger partial charge in [0.2, 0.25) is 5.13 Å². The predicted molar refractivity (Wildman–Crippen MR) is 145 cm³/mol. The highest BCUT2D eigenvalue weighted by Gasteiger charge is 2.35. The Morgan fingerprint density at radius 1 is 1.11 bits per heavy atom. The van der Waals surface area contributed by atoms with Gasteiger partial charge in [0.1, 0.15) is 10.8 Å². The highest BCUT2D eigenvalue weighted by atomic mass is 35.5. The summed E-state index contributed by atoms with van der Waals surface area (Å²) in [6, 6.07) is 13.6. The zero-order chi connectivity index (χ0) is 25.8. The maximum Gasteiger partial charge on any atom is 0.264 e. The number of benzene rings is 2. The van der Waals surface area contributed by atoms with Crippen LogP contribution < -0.4 is 10.1 Å². The third kappa shape index (κ3) is 6.57. The Bertz CT molecular complexity index is 1200. The number of carbonyl (C=O) groups is 1. The number of aromatic nitrogens is 2. The zero-order valence-electron chi connectivity index (χ0n) is 20.8. The van der Waals surface area contributed by atoms with Crippen LogP contribution in [0.4, 0.5) is 5.13 Å². The minimum absolute atomic E-state index is 0.0581. The maximum absolute atomic E-state index is 12.4. The van der Waals surface area contributed by atoms with Crippen molar-refractivity contribution in [1.29, 1.82) is 0 Å². The SMILES string of the molecule is CC(C)c1nnc(NC(=O)COc2cccc([C@@H]3OC[C@@H](c4ccc(Cl)c(Cl)c4)C[C@H]3C(C)C)c2)s1. The third-order valence-electron chi connectivity index (χ3n) is 6.43. The molecule has 3 aromatic rings. The van der Waals surface area contributed by atoms with Crippen LogP contribution in [0.1, 0.15) is 68.2 Å². The summed E-state index contributed by atoms with van der Waals surface area (Å²) in [6.07, 6.45) is 0.922. The fraction of sp³-hybridized carbons (Fsp3) is 0.444. The molecule has 0 spiro atoms. The minimum Gasteiger partial charge on any atom is -0.484 e. The van der Waals surface area contributed by atoms with Crippen molar-refractivity contribution in [3.05, 3.63) is 68.6 Å². The molecule has 1 aliphatic rings. The first kappa shape index (κ1) is 26.9. The molecule has 1 fully saturated rings. The second-order valence-electron chi connectivity index (χ2n) is 9.78. The summed E-state index contributed by atoms with van der Waals surface area (Å²) in [6.45, 7) is 9.01. The van der Waals surface area contributed by atoms with Gasteiger partial charge in [0, 0.05) is 11.8 Å². The van der Waals surface area contributed by atoms with Crippen LogP contribution >= 0.6 is 34.5 Å². The van der Waals surface area contributed by atoms with E-state index < -0.39 is 0 Å². The molecule has 1 amide bonds. The first-order valence-electron chi connectivity index (χ1n) is 12.1. The molecule has 4 rings (SSSR count). The monoisotopic (exact) mass is 547 g/mol. The van der Waals surface area contributed by atoms with Crippen molar-refractivity contribution >= 4 is 45.6 Å². The van der Waals surface area contributed by atoms with Gasteiger partial charge in [-0.25, -0.2) is 0 Å². The molecule has 1 aromatic heterocycles. The van der Waals surface area contributed by atoms with E-state index in [0.29, 0.717) is 39.4 Å². The van der Waals surface area contributed by atoms with E-state index in [4.69, 9.17) is 32.7 Å². The maximum atomic E-state index is 12.4. The Hall–Kier alpha value is -2.19. The number of rotatable bonds is 8. The van der Waals surface area contributed by atoms with Crippen LogP contribution in [0.15, 0.2) is 42.5 Å².